The van der Waals surface area contributed by atoms with Gasteiger partial charge in [-0.25, -0.2) is 0 Å². The van der Waals surface area contributed by atoms with Crippen molar-refractivity contribution in [2.75, 3.05) is 0 Å². The molecule has 0 saturated heterocycles. The number of aryl methyl sites for hydroxylation is 1. The predicted octanol–water partition coefficient (Wildman–Crippen LogP) is 1.67. The largest absolute Gasteiger partial charge is 0.327 e. The Morgan fingerprint density at radius 3 is 3.00 bits per heavy atom. The minimum atomic E-state index is 0.362. The fourth-order valence-electron chi connectivity index (χ4n) is 1.68. The van der Waals surface area contributed by atoms with E-state index in [2.05, 4.69) is 18.0 Å². The minimum Gasteiger partial charge on any atom is -0.327 e. The number of rotatable bonds is 3. The summed E-state index contributed by atoms with van der Waals surface area (Å²) in [4.78, 5) is 4.07. The van der Waals surface area contributed by atoms with Gasteiger partial charge in [-0.05, 0) is 49.3 Å². The van der Waals surface area contributed by atoms with Gasteiger partial charge in [0.05, 0.1) is 0 Å². The van der Waals surface area contributed by atoms with Crippen LogP contribution >= 0.6 is 0 Å². The van der Waals surface area contributed by atoms with E-state index in [-0.39, 0.29) is 0 Å². The van der Waals surface area contributed by atoms with Crippen LogP contribution in [0, 0.1) is 12.8 Å². The standard InChI is InChI=1S/C11H16N2/c1-8-7-13-5-4-10(8)6-11(12)9-2-3-9/h4-5,7,9,11H,2-3,6,12H2,1H3. The molecule has 13 heavy (non-hydrogen) atoms. The summed E-state index contributed by atoms with van der Waals surface area (Å²) in [5.41, 5.74) is 8.68. The van der Waals surface area contributed by atoms with E-state index in [4.69, 9.17) is 5.73 Å². The van der Waals surface area contributed by atoms with Crippen molar-refractivity contribution in [1.82, 2.24) is 4.98 Å². The molecule has 0 bridgehead atoms. The molecule has 1 atom stereocenters. The molecule has 70 valence electrons. The molecule has 0 radical (unpaired) electrons. The number of pyridine rings is 1. The van der Waals surface area contributed by atoms with Crippen molar-refractivity contribution in [2.24, 2.45) is 11.7 Å². The third-order valence-corrected chi connectivity index (χ3v) is 2.82. The maximum atomic E-state index is 6.06. The molecule has 0 amide bonds. The fourth-order valence-corrected chi connectivity index (χ4v) is 1.68. The smallest absolute Gasteiger partial charge is 0.0299 e. The lowest BCUT2D eigenvalue weighted by atomic mass is 10.0. The van der Waals surface area contributed by atoms with Crippen molar-refractivity contribution in [2.45, 2.75) is 32.2 Å². The summed E-state index contributed by atoms with van der Waals surface area (Å²) in [5.74, 6) is 0.785. The molecule has 0 aliphatic heterocycles. The van der Waals surface area contributed by atoms with Gasteiger partial charge in [0, 0.05) is 18.4 Å². The second-order valence-corrected chi connectivity index (χ2v) is 4.01. The van der Waals surface area contributed by atoms with E-state index in [1.807, 2.05) is 12.4 Å². The van der Waals surface area contributed by atoms with Crippen molar-refractivity contribution in [3.63, 3.8) is 0 Å². The van der Waals surface area contributed by atoms with Gasteiger partial charge in [-0.3, -0.25) is 4.98 Å². The van der Waals surface area contributed by atoms with E-state index in [9.17, 15) is 0 Å². The Hall–Kier alpha value is -0.890. The molecule has 2 N–H and O–H groups in total. The molecule has 1 aliphatic carbocycles. The number of nitrogens with zero attached hydrogens (tertiary/aromatic N) is 1. The van der Waals surface area contributed by atoms with Crippen LogP contribution in [0.5, 0.6) is 0 Å². The average Bonchev–Trinajstić information content (AvgIpc) is 2.91. The summed E-state index contributed by atoms with van der Waals surface area (Å²) in [6.07, 6.45) is 7.42. The number of nitrogens with two attached hydrogens (primary N) is 1. The highest BCUT2D eigenvalue weighted by molar-refractivity contribution is 5.22. The quantitative estimate of drug-likeness (QED) is 0.761. The SMILES string of the molecule is Cc1cnccc1CC(N)C1CC1. The molecular weight excluding hydrogens is 160 g/mol. The van der Waals surface area contributed by atoms with Gasteiger partial charge >= 0.3 is 0 Å². The minimum absolute atomic E-state index is 0.362. The van der Waals surface area contributed by atoms with Crippen molar-refractivity contribution < 1.29 is 0 Å². The molecule has 2 heteroatoms. The summed E-state index contributed by atoms with van der Waals surface area (Å²) in [7, 11) is 0. The van der Waals surface area contributed by atoms with Gasteiger partial charge in [-0.1, -0.05) is 0 Å². The van der Waals surface area contributed by atoms with Gasteiger partial charge in [-0.2, -0.15) is 0 Å². The van der Waals surface area contributed by atoms with Crippen LogP contribution in [0.1, 0.15) is 24.0 Å². The third kappa shape index (κ3) is 2.07. The molecule has 1 fully saturated rings. The first-order valence-electron chi connectivity index (χ1n) is 4.92. The molecule has 2 rings (SSSR count). The predicted molar refractivity (Wildman–Crippen MR) is 53.4 cm³/mol. The van der Waals surface area contributed by atoms with Crippen LogP contribution in [0.3, 0.4) is 0 Å². The summed E-state index contributed by atoms with van der Waals surface area (Å²) in [6.45, 7) is 2.10. The maximum Gasteiger partial charge on any atom is 0.0299 e. The first-order chi connectivity index (χ1) is 6.27. The van der Waals surface area contributed by atoms with Crippen molar-refractivity contribution >= 4 is 0 Å². The lowest BCUT2D eigenvalue weighted by Gasteiger charge is -2.11. The van der Waals surface area contributed by atoms with Gasteiger partial charge in [0.25, 0.3) is 0 Å². The number of aromatic nitrogens is 1. The summed E-state index contributed by atoms with van der Waals surface area (Å²) >= 11 is 0. The highest BCUT2D eigenvalue weighted by Gasteiger charge is 2.28. The van der Waals surface area contributed by atoms with Crippen LogP contribution in [0.4, 0.5) is 0 Å². The summed E-state index contributed by atoms with van der Waals surface area (Å²) < 4.78 is 0. The van der Waals surface area contributed by atoms with E-state index >= 15 is 0 Å². The average molecular weight is 176 g/mol. The third-order valence-electron chi connectivity index (χ3n) is 2.82. The van der Waals surface area contributed by atoms with Gasteiger partial charge < -0.3 is 5.73 Å². The van der Waals surface area contributed by atoms with Crippen LogP contribution in [0.2, 0.25) is 0 Å². The molecule has 1 heterocycles. The molecule has 2 nitrogen and oxygen atoms in total. The van der Waals surface area contributed by atoms with Crippen LogP contribution in [0.25, 0.3) is 0 Å². The highest BCUT2D eigenvalue weighted by atomic mass is 14.7. The lowest BCUT2D eigenvalue weighted by molar-refractivity contribution is 0.590. The molecule has 1 aromatic heterocycles. The van der Waals surface area contributed by atoms with Gasteiger partial charge in [0.15, 0.2) is 0 Å². The van der Waals surface area contributed by atoms with E-state index in [0.29, 0.717) is 6.04 Å². The molecular formula is C11H16N2. The Balaban J connectivity index is 2.03. The van der Waals surface area contributed by atoms with E-state index in [1.165, 1.54) is 24.0 Å². The molecule has 0 spiro atoms. The zero-order valence-corrected chi connectivity index (χ0v) is 8.03. The first-order valence-corrected chi connectivity index (χ1v) is 4.92. The topological polar surface area (TPSA) is 38.9 Å². The Morgan fingerprint density at radius 2 is 2.38 bits per heavy atom. The number of hydrogen-bond acceptors (Lipinski definition) is 2. The lowest BCUT2D eigenvalue weighted by Crippen LogP contribution is -2.25. The monoisotopic (exact) mass is 176 g/mol. The zero-order valence-electron chi connectivity index (χ0n) is 8.03. The second kappa shape index (κ2) is 3.46. The van der Waals surface area contributed by atoms with Crippen molar-refractivity contribution in [3.8, 4) is 0 Å². The van der Waals surface area contributed by atoms with E-state index in [0.717, 1.165) is 12.3 Å². The van der Waals surface area contributed by atoms with Crippen LogP contribution < -0.4 is 5.73 Å². The fraction of sp³-hybridized carbons (Fsp3) is 0.545. The van der Waals surface area contributed by atoms with Gasteiger partial charge in [0.1, 0.15) is 0 Å². The Labute approximate surface area is 79.2 Å². The van der Waals surface area contributed by atoms with Gasteiger partial charge in [-0.15, -0.1) is 0 Å². The van der Waals surface area contributed by atoms with Crippen LogP contribution in [-0.4, -0.2) is 11.0 Å². The van der Waals surface area contributed by atoms with E-state index in [1.54, 1.807) is 0 Å². The summed E-state index contributed by atoms with van der Waals surface area (Å²) in [6, 6.07) is 2.44. The maximum absolute atomic E-state index is 6.06. The molecule has 1 aliphatic rings. The number of hydrogen-bond donors (Lipinski definition) is 1. The first kappa shape index (κ1) is 8.70. The second-order valence-electron chi connectivity index (χ2n) is 4.01. The molecule has 1 saturated carbocycles. The summed E-state index contributed by atoms with van der Waals surface area (Å²) in [5, 5.41) is 0. The molecule has 0 aromatic carbocycles. The highest BCUT2D eigenvalue weighted by Crippen LogP contribution is 2.33. The Morgan fingerprint density at radius 1 is 1.62 bits per heavy atom. The van der Waals surface area contributed by atoms with Crippen molar-refractivity contribution in [1.29, 1.82) is 0 Å². The van der Waals surface area contributed by atoms with E-state index < -0.39 is 0 Å². The molecule has 1 unspecified atom stereocenters. The van der Waals surface area contributed by atoms with Crippen LogP contribution in [0.15, 0.2) is 18.5 Å². The molecule has 1 aromatic rings. The zero-order chi connectivity index (χ0) is 9.26. The van der Waals surface area contributed by atoms with Crippen molar-refractivity contribution in [3.05, 3.63) is 29.6 Å². The normalized spacial score (nSPS) is 18.6. The Kier molecular flexibility index (Phi) is 2.32. The van der Waals surface area contributed by atoms with Crippen LogP contribution in [-0.2, 0) is 6.42 Å². The Bertz CT molecular complexity index is 292. The van der Waals surface area contributed by atoms with Gasteiger partial charge in [0.2, 0.25) is 0 Å².